The third-order valence-electron chi connectivity index (χ3n) is 6.81. The van der Waals surface area contributed by atoms with E-state index in [2.05, 4.69) is 19.2 Å². The molecule has 1 N–H and O–H groups in total. The number of amides is 2. The molecule has 5 nitrogen and oxygen atoms in total. The van der Waals surface area contributed by atoms with Crippen molar-refractivity contribution in [3.8, 4) is 0 Å². The molecule has 0 aromatic carbocycles. The summed E-state index contributed by atoms with van der Waals surface area (Å²) in [6, 6.07) is 0. The van der Waals surface area contributed by atoms with Gasteiger partial charge in [-0.15, -0.1) is 0 Å². The average Bonchev–Trinajstić information content (AvgIpc) is 3.32. The fraction of sp³-hybridized carbons (Fsp3) is 0.905. The van der Waals surface area contributed by atoms with Crippen molar-refractivity contribution in [1.29, 1.82) is 0 Å². The van der Waals surface area contributed by atoms with Gasteiger partial charge in [0.15, 0.2) is 0 Å². The molecule has 0 spiro atoms. The van der Waals surface area contributed by atoms with E-state index in [1.54, 1.807) is 0 Å². The standard InChI is InChI=1S/C21H36N2O3/c1-3-18-15-21(18,2)22-20(25)17(13-16-7-5-4-6-8-16)14-19(24)23-9-11-26-12-10-23/h16-18H,3-15H2,1-2H3,(H,22,25). The summed E-state index contributed by atoms with van der Waals surface area (Å²) in [6.07, 6.45) is 9.69. The van der Waals surface area contributed by atoms with Crippen molar-refractivity contribution in [3.63, 3.8) is 0 Å². The molecule has 5 heteroatoms. The van der Waals surface area contributed by atoms with Gasteiger partial charge in [0.2, 0.25) is 11.8 Å². The van der Waals surface area contributed by atoms with Gasteiger partial charge in [-0.2, -0.15) is 0 Å². The van der Waals surface area contributed by atoms with Crippen molar-refractivity contribution in [2.24, 2.45) is 17.8 Å². The van der Waals surface area contributed by atoms with Crippen LogP contribution in [0.4, 0.5) is 0 Å². The largest absolute Gasteiger partial charge is 0.378 e. The maximum absolute atomic E-state index is 13.0. The van der Waals surface area contributed by atoms with Gasteiger partial charge in [0, 0.05) is 31.0 Å². The van der Waals surface area contributed by atoms with Gasteiger partial charge in [-0.05, 0) is 31.6 Å². The van der Waals surface area contributed by atoms with E-state index in [1.807, 2.05) is 4.90 Å². The zero-order valence-corrected chi connectivity index (χ0v) is 16.6. The van der Waals surface area contributed by atoms with Crippen LogP contribution >= 0.6 is 0 Å². The molecule has 0 aromatic rings. The summed E-state index contributed by atoms with van der Waals surface area (Å²) in [4.78, 5) is 27.7. The fourth-order valence-corrected chi connectivity index (χ4v) is 4.85. The lowest BCUT2D eigenvalue weighted by molar-refractivity contribution is -0.140. The molecule has 1 heterocycles. The summed E-state index contributed by atoms with van der Waals surface area (Å²) in [6.45, 7) is 6.88. The Bertz CT molecular complexity index is 497. The van der Waals surface area contributed by atoms with Crippen molar-refractivity contribution >= 4 is 11.8 Å². The van der Waals surface area contributed by atoms with E-state index in [9.17, 15) is 9.59 Å². The lowest BCUT2D eigenvalue weighted by atomic mass is 9.81. The Hall–Kier alpha value is -1.10. The Morgan fingerprint density at radius 1 is 1.19 bits per heavy atom. The smallest absolute Gasteiger partial charge is 0.224 e. The van der Waals surface area contributed by atoms with Crippen LogP contribution in [0.5, 0.6) is 0 Å². The summed E-state index contributed by atoms with van der Waals surface area (Å²) in [5, 5.41) is 3.29. The second-order valence-electron chi connectivity index (χ2n) is 8.85. The van der Waals surface area contributed by atoms with Gasteiger partial charge in [-0.25, -0.2) is 0 Å². The first-order valence-electron chi connectivity index (χ1n) is 10.7. The minimum atomic E-state index is -0.177. The van der Waals surface area contributed by atoms with Crippen molar-refractivity contribution in [1.82, 2.24) is 10.2 Å². The summed E-state index contributed by atoms with van der Waals surface area (Å²) in [5.41, 5.74) is -0.0430. The number of hydrogen-bond acceptors (Lipinski definition) is 3. The summed E-state index contributed by atoms with van der Waals surface area (Å²) in [7, 11) is 0. The van der Waals surface area contributed by atoms with E-state index in [0.717, 1.165) is 19.3 Å². The topological polar surface area (TPSA) is 58.6 Å². The van der Waals surface area contributed by atoms with Crippen LogP contribution in [-0.4, -0.2) is 48.6 Å². The number of morpholine rings is 1. The predicted octanol–water partition coefficient (Wildman–Crippen LogP) is 3.13. The number of ether oxygens (including phenoxy) is 1. The molecule has 3 unspecified atom stereocenters. The molecule has 0 radical (unpaired) electrons. The van der Waals surface area contributed by atoms with E-state index < -0.39 is 0 Å². The van der Waals surface area contributed by atoms with Crippen LogP contribution in [0.3, 0.4) is 0 Å². The van der Waals surface area contributed by atoms with E-state index in [1.165, 1.54) is 32.1 Å². The first-order chi connectivity index (χ1) is 12.5. The van der Waals surface area contributed by atoms with Crippen molar-refractivity contribution in [3.05, 3.63) is 0 Å². The molecule has 2 aliphatic carbocycles. The van der Waals surface area contributed by atoms with E-state index in [4.69, 9.17) is 4.74 Å². The van der Waals surface area contributed by atoms with Gasteiger partial charge in [-0.3, -0.25) is 9.59 Å². The number of nitrogens with zero attached hydrogens (tertiary/aromatic N) is 1. The van der Waals surface area contributed by atoms with Crippen LogP contribution in [-0.2, 0) is 14.3 Å². The lowest BCUT2D eigenvalue weighted by Crippen LogP contribution is -2.45. The molecule has 2 amide bonds. The number of hydrogen-bond donors (Lipinski definition) is 1. The van der Waals surface area contributed by atoms with Crippen LogP contribution in [0.1, 0.15) is 71.6 Å². The highest BCUT2D eigenvalue weighted by Crippen LogP contribution is 2.45. The fourth-order valence-electron chi connectivity index (χ4n) is 4.85. The molecule has 1 saturated heterocycles. The number of carbonyl (C=O) groups is 2. The highest BCUT2D eigenvalue weighted by atomic mass is 16.5. The Kier molecular flexibility index (Phi) is 6.60. The van der Waals surface area contributed by atoms with Gasteiger partial charge in [0.1, 0.15) is 0 Å². The molecule has 26 heavy (non-hydrogen) atoms. The zero-order valence-electron chi connectivity index (χ0n) is 16.6. The quantitative estimate of drug-likeness (QED) is 0.755. The van der Waals surface area contributed by atoms with Crippen molar-refractivity contribution < 1.29 is 14.3 Å². The molecule has 3 rings (SSSR count). The molecule has 3 aliphatic rings. The summed E-state index contributed by atoms with van der Waals surface area (Å²) >= 11 is 0. The number of rotatable bonds is 7. The minimum Gasteiger partial charge on any atom is -0.378 e. The molecule has 2 saturated carbocycles. The summed E-state index contributed by atoms with van der Waals surface area (Å²) in [5.74, 6) is 1.25. The Labute approximate surface area is 158 Å². The predicted molar refractivity (Wildman–Crippen MR) is 102 cm³/mol. The van der Waals surface area contributed by atoms with Gasteiger partial charge in [0.05, 0.1) is 13.2 Å². The third-order valence-corrected chi connectivity index (χ3v) is 6.81. The van der Waals surface area contributed by atoms with Crippen LogP contribution in [0.2, 0.25) is 0 Å². The highest BCUT2D eigenvalue weighted by Gasteiger charge is 2.50. The summed E-state index contributed by atoms with van der Waals surface area (Å²) < 4.78 is 5.35. The van der Waals surface area contributed by atoms with Crippen molar-refractivity contribution in [2.75, 3.05) is 26.3 Å². The monoisotopic (exact) mass is 364 g/mol. The van der Waals surface area contributed by atoms with Crippen LogP contribution in [0.15, 0.2) is 0 Å². The molecule has 1 aliphatic heterocycles. The molecular weight excluding hydrogens is 328 g/mol. The molecule has 3 fully saturated rings. The van der Waals surface area contributed by atoms with Gasteiger partial charge >= 0.3 is 0 Å². The van der Waals surface area contributed by atoms with Crippen LogP contribution in [0.25, 0.3) is 0 Å². The van der Waals surface area contributed by atoms with E-state index >= 15 is 0 Å². The lowest BCUT2D eigenvalue weighted by Gasteiger charge is -2.30. The second kappa shape index (κ2) is 8.73. The maximum Gasteiger partial charge on any atom is 0.224 e. The molecule has 3 atom stereocenters. The van der Waals surface area contributed by atoms with E-state index in [-0.39, 0.29) is 23.3 Å². The SMILES string of the molecule is CCC1CC1(C)NC(=O)C(CC(=O)N1CCOCC1)CC1CCCCC1. The van der Waals surface area contributed by atoms with Crippen LogP contribution in [0, 0.1) is 17.8 Å². The zero-order chi connectivity index (χ0) is 18.6. The molecule has 148 valence electrons. The second-order valence-corrected chi connectivity index (χ2v) is 8.85. The molecule has 0 aromatic heterocycles. The van der Waals surface area contributed by atoms with Gasteiger partial charge < -0.3 is 15.0 Å². The van der Waals surface area contributed by atoms with Gasteiger partial charge in [-0.1, -0.05) is 45.4 Å². The van der Waals surface area contributed by atoms with Gasteiger partial charge in [0.25, 0.3) is 0 Å². The highest BCUT2D eigenvalue weighted by molar-refractivity contribution is 5.86. The maximum atomic E-state index is 13.0. The Morgan fingerprint density at radius 3 is 2.50 bits per heavy atom. The first-order valence-corrected chi connectivity index (χ1v) is 10.7. The molecular formula is C21H36N2O3. The van der Waals surface area contributed by atoms with Crippen LogP contribution < -0.4 is 5.32 Å². The number of carbonyl (C=O) groups excluding carboxylic acids is 2. The van der Waals surface area contributed by atoms with E-state index in [0.29, 0.717) is 44.6 Å². The Balaban J connectivity index is 1.60. The minimum absolute atomic E-state index is 0.0430. The van der Waals surface area contributed by atoms with Crippen molar-refractivity contribution in [2.45, 2.75) is 77.2 Å². The molecule has 0 bridgehead atoms. The first kappa shape index (κ1) is 19.7. The number of nitrogens with one attached hydrogen (secondary N) is 1. The normalized spacial score (nSPS) is 30.7. The third kappa shape index (κ3) is 4.99. The Morgan fingerprint density at radius 2 is 1.88 bits per heavy atom. The average molecular weight is 365 g/mol.